The maximum atomic E-state index is 6.30. The fraction of sp³-hybridized carbons (Fsp3) is 0.360. The molecular formula is C25H30N6O2. The molecule has 5 rings (SSSR count). The highest BCUT2D eigenvalue weighted by Gasteiger charge is 2.16. The number of piperidine rings is 1. The normalized spacial score (nSPS) is 17.0. The molecule has 0 spiro atoms. The lowest BCUT2D eigenvalue weighted by Crippen LogP contribution is -2.36. The van der Waals surface area contributed by atoms with Crippen LogP contribution in [0.5, 0.6) is 5.75 Å². The van der Waals surface area contributed by atoms with Crippen molar-refractivity contribution in [3.05, 3.63) is 54.7 Å². The third-order valence-corrected chi connectivity index (χ3v) is 6.04. The van der Waals surface area contributed by atoms with Crippen molar-refractivity contribution in [2.75, 3.05) is 55.3 Å². The predicted molar refractivity (Wildman–Crippen MR) is 131 cm³/mol. The average molecular weight is 447 g/mol. The highest BCUT2D eigenvalue weighted by Crippen LogP contribution is 2.30. The smallest absolute Gasteiger partial charge is 0.227 e. The predicted octanol–water partition coefficient (Wildman–Crippen LogP) is 3.44. The Morgan fingerprint density at radius 3 is 2.58 bits per heavy atom. The van der Waals surface area contributed by atoms with E-state index in [0.717, 1.165) is 74.9 Å². The van der Waals surface area contributed by atoms with Crippen LogP contribution in [0.2, 0.25) is 0 Å². The molecule has 8 nitrogen and oxygen atoms in total. The number of benzene rings is 2. The van der Waals surface area contributed by atoms with Crippen molar-refractivity contribution in [3.8, 4) is 17.0 Å². The van der Waals surface area contributed by atoms with Crippen LogP contribution in [0.3, 0.4) is 0 Å². The lowest BCUT2D eigenvalue weighted by atomic mass is 10.1. The van der Waals surface area contributed by atoms with Crippen molar-refractivity contribution in [3.63, 3.8) is 0 Å². The summed E-state index contributed by atoms with van der Waals surface area (Å²) >= 11 is 0. The second-order valence-corrected chi connectivity index (χ2v) is 8.36. The summed E-state index contributed by atoms with van der Waals surface area (Å²) in [5.41, 5.74) is 10.8. The molecule has 2 saturated heterocycles. The summed E-state index contributed by atoms with van der Waals surface area (Å²) in [7, 11) is 0. The molecule has 0 aliphatic carbocycles. The second-order valence-electron chi connectivity index (χ2n) is 8.36. The van der Waals surface area contributed by atoms with Crippen molar-refractivity contribution < 1.29 is 9.47 Å². The molecule has 0 bridgehead atoms. The van der Waals surface area contributed by atoms with Gasteiger partial charge < -0.3 is 30.7 Å². The van der Waals surface area contributed by atoms with Gasteiger partial charge >= 0.3 is 0 Å². The summed E-state index contributed by atoms with van der Waals surface area (Å²) in [5.74, 6) is 1.28. The van der Waals surface area contributed by atoms with Gasteiger partial charge in [-0.05, 0) is 74.5 Å². The molecule has 0 unspecified atom stereocenters. The Labute approximate surface area is 194 Å². The van der Waals surface area contributed by atoms with Gasteiger partial charge in [-0.3, -0.25) is 0 Å². The van der Waals surface area contributed by atoms with E-state index in [0.29, 0.717) is 11.6 Å². The molecule has 2 aromatic carbocycles. The SMILES string of the molecule is Nc1cc(-c2ccnc(Nc3ccc(N4CCOCC4)cc3)n2)ccc1OC1CCNCC1. The summed E-state index contributed by atoms with van der Waals surface area (Å²) < 4.78 is 11.5. The minimum atomic E-state index is 0.212. The van der Waals surface area contributed by atoms with Gasteiger partial charge in [-0.15, -0.1) is 0 Å². The quantitative estimate of drug-likeness (QED) is 0.496. The van der Waals surface area contributed by atoms with E-state index < -0.39 is 0 Å². The third kappa shape index (κ3) is 5.35. The average Bonchev–Trinajstić information content (AvgIpc) is 2.87. The van der Waals surface area contributed by atoms with E-state index in [-0.39, 0.29) is 6.10 Å². The first-order valence-corrected chi connectivity index (χ1v) is 11.5. The number of nitrogens with one attached hydrogen (secondary N) is 2. The van der Waals surface area contributed by atoms with Gasteiger partial charge in [-0.25, -0.2) is 9.97 Å². The van der Waals surface area contributed by atoms with Crippen molar-refractivity contribution in [2.45, 2.75) is 18.9 Å². The standard InChI is InChI=1S/C25H30N6O2/c26-22-17-18(1-6-24(22)33-21-7-10-27-11-8-21)23-9-12-28-25(30-23)29-19-2-4-20(5-3-19)31-13-15-32-16-14-31/h1-6,9,12,17,21,27H,7-8,10-11,13-16,26H2,(H,28,29,30). The number of hydrogen-bond acceptors (Lipinski definition) is 8. The van der Waals surface area contributed by atoms with Crippen LogP contribution >= 0.6 is 0 Å². The maximum Gasteiger partial charge on any atom is 0.227 e. The van der Waals surface area contributed by atoms with Crippen molar-refractivity contribution in [1.29, 1.82) is 0 Å². The molecule has 2 fully saturated rings. The number of hydrogen-bond donors (Lipinski definition) is 3. The second kappa shape index (κ2) is 10.1. The largest absolute Gasteiger partial charge is 0.488 e. The molecule has 3 aromatic rings. The first-order valence-electron chi connectivity index (χ1n) is 11.5. The number of morpholine rings is 1. The minimum Gasteiger partial charge on any atom is -0.488 e. The summed E-state index contributed by atoms with van der Waals surface area (Å²) in [6, 6.07) is 16.0. The number of nitrogen functional groups attached to an aromatic ring is 1. The van der Waals surface area contributed by atoms with Crippen LogP contribution in [-0.4, -0.2) is 55.5 Å². The molecule has 0 amide bonds. The highest BCUT2D eigenvalue weighted by molar-refractivity contribution is 5.69. The Balaban J connectivity index is 1.26. The van der Waals surface area contributed by atoms with Gasteiger partial charge in [0.25, 0.3) is 0 Å². The van der Waals surface area contributed by atoms with Crippen LogP contribution in [0.25, 0.3) is 11.3 Å². The van der Waals surface area contributed by atoms with E-state index in [4.69, 9.17) is 15.2 Å². The molecule has 8 heteroatoms. The zero-order valence-corrected chi connectivity index (χ0v) is 18.7. The Bertz CT molecular complexity index is 1060. The highest BCUT2D eigenvalue weighted by atomic mass is 16.5. The molecule has 3 heterocycles. The molecule has 0 atom stereocenters. The Kier molecular flexibility index (Phi) is 6.55. The van der Waals surface area contributed by atoms with Crippen LogP contribution < -0.4 is 26.0 Å². The summed E-state index contributed by atoms with van der Waals surface area (Å²) in [6.07, 6.45) is 3.96. The fourth-order valence-electron chi connectivity index (χ4n) is 4.19. The van der Waals surface area contributed by atoms with Gasteiger partial charge in [0.2, 0.25) is 5.95 Å². The monoisotopic (exact) mass is 446 g/mol. The first kappa shape index (κ1) is 21.5. The summed E-state index contributed by atoms with van der Waals surface area (Å²) in [4.78, 5) is 11.4. The fourth-order valence-corrected chi connectivity index (χ4v) is 4.19. The zero-order chi connectivity index (χ0) is 22.5. The van der Waals surface area contributed by atoms with Gasteiger partial charge in [0.05, 0.1) is 24.6 Å². The zero-order valence-electron chi connectivity index (χ0n) is 18.7. The van der Waals surface area contributed by atoms with E-state index >= 15 is 0 Å². The molecule has 4 N–H and O–H groups in total. The number of anilines is 4. The maximum absolute atomic E-state index is 6.30. The van der Waals surface area contributed by atoms with Crippen LogP contribution in [-0.2, 0) is 4.74 Å². The van der Waals surface area contributed by atoms with Gasteiger partial charge in [0.1, 0.15) is 11.9 Å². The van der Waals surface area contributed by atoms with E-state index in [1.165, 1.54) is 5.69 Å². The summed E-state index contributed by atoms with van der Waals surface area (Å²) in [5, 5.41) is 6.64. The first-order chi connectivity index (χ1) is 16.2. The van der Waals surface area contributed by atoms with Crippen molar-refractivity contribution in [2.24, 2.45) is 0 Å². The van der Waals surface area contributed by atoms with Gasteiger partial charge in [-0.2, -0.15) is 0 Å². The topological polar surface area (TPSA) is 97.6 Å². The van der Waals surface area contributed by atoms with E-state index in [2.05, 4.69) is 37.6 Å². The van der Waals surface area contributed by atoms with E-state index in [1.807, 2.05) is 36.4 Å². The Morgan fingerprint density at radius 1 is 1.03 bits per heavy atom. The lowest BCUT2D eigenvalue weighted by molar-refractivity contribution is 0.122. The molecule has 172 valence electrons. The summed E-state index contributed by atoms with van der Waals surface area (Å²) in [6.45, 7) is 5.35. The van der Waals surface area contributed by atoms with Crippen LogP contribution in [0.4, 0.5) is 23.0 Å². The molecule has 2 aliphatic heterocycles. The minimum absolute atomic E-state index is 0.212. The molecule has 0 saturated carbocycles. The van der Waals surface area contributed by atoms with Gasteiger partial charge in [0.15, 0.2) is 0 Å². The Morgan fingerprint density at radius 2 is 1.82 bits per heavy atom. The molecule has 0 radical (unpaired) electrons. The van der Waals surface area contributed by atoms with Crippen LogP contribution in [0, 0.1) is 0 Å². The lowest BCUT2D eigenvalue weighted by Gasteiger charge is -2.28. The van der Waals surface area contributed by atoms with Crippen LogP contribution in [0.1, 0.15) is 12.8 Å². The molecule has 1 aromatic heterocycles. The van der Waals surface area contributed by atoms with Crippen molar-refractivity contribution in [1.82, 2.24) is 15.3 Å². The van der Waals surface area contributed by atoms with Crippen LogP contribution in [0.15, 0.2) is 54.7 Å². The molecule has 33 heavy (non-hydrogen) atoms. The number of aromatic nitrogens is 2. The number of ether oxygens (including phenoxy) is 2. The number of nitrogens with zero attached hydrogens (tertiary/aromatic N) is 3. The molecular weight excluding hydrogens is 416 g/mol. The third-order valence-electron chi connectivity index (χ3n) is 6.04. The number of nitrogens with two attached hydrogens (primary N) is 1. The molecule has 2 aliphatic rings. The van der Waals surface area contributed by atoms with Gasteiger partial charge in [0, 0.05) is 36.2 Å². The Hall–Kier alpha value is -3.36. The van der Waals surface area contributed by atoms with Crippen molar-refractivity contribution >= 4 is 23.0 Å². The van der Waals surface area contributed by atoms with E-state index in [9.17, 15) is 0 Å². The van der Waals surface area contributed by atoms with E-state index in [1.54, 1.807) is 6.20 Å². The number of rotatable bonds is 6. The van der Waals surface area contributed by atoms with Gasteiger partial charge in [-0.1, -0.05) is 0 Å².